The molecule has 0 fully saturated rings. The number of benzene rings is 2. The summed E-state index contributed by atoms with van der Waals surface area (Å²) in [5.41, 5.74) is 2.91. The SMILES string of the molecule is COc1cccc(CCNC(=O)c2ccc(Nc3cccc(C#N)c3)nc2)c1. The molecule has 0 aliphatic rings. The van der Waals surface area contributed by atoms with Crippen LogP contribution in [0.3, 0.4) is 0 Å². The molecular formula is C22H20N4O2. The van der Waals surface area contributed by atoms with Crippen LogP contribution in [0.15, 0.2) is 66.9 Å². The van der Waals surface area contributed by atoms with Gasteiger partial charge in [-0.05, 0) is 54.4 Å². The molecule has 6 heteroatoms. The lowest BCUT2D eigenvalue weighted by atomic mass is 10.1. The molecule has 28 heavy (non-hydrogen) atoms. The average Bonchev–Trinajstić information content (AvgIpc) is 2.74. The molecular weight excluding hydrogens is 352 g/mol. The lowest BCUT2D eigenvalue weighted by molar-refractivity contribution is 0.0954. The Kier molecular flexibility index (Phi) is 6.21. The molecule has 0 aliphatic carbocycles. The second kappa shape index (κ2) is 9.19. The molecule has 2 aromatic carbocycles. The minimum atomic E-state index is -0.173. The van der Waals surface area contributed by atoms with Gasteiger partial charge < -0.3 is 15.4 Å². The summed E-state index contributed by atoms with van der Waals surface area (Å²) < 4.78 is 5.20. The van der Waals surface area contributed by atoms with Crippen molar-refractivity contribution >= 4 is 17.4 Å². The third kappa shape index (κ3) is 5.08. The molecule has 0 spiro atoms. The number of carbonyl (C=O) groups is 1. The standard InChI is InChI=1S/C22H20N4O2/c1-28-20-7-3-4-16(13-20)10-11-24-22(27)18-8-9-21(25-15-18)26-19-6-2-5-17(12-19)14-23/h2-9,12-13,15H,10-11H2,1H3,(H,24,27)(H,25,26). The fourth-order valence-electron chi connectivity index (χ4n) is 2.67. The van der Waals surface area contributed by atoms with Gasteiger partial charge in [-0.3, -0.25) is 4.79 Å². The summed E-state index contributed by atoms with van der Waals surface area (Å²) in [5, 5.41) is 15.0. The first kappa shape index (κ1) is 18.9. The van der Waals surface area contributed by atoms with E-state index in [9.17, 15) is 4.79 Å². The monoisotopic (exact) mass is 372 g/mol. The van der Waals surface area contributed by atoms with E-state index in [1.165, 1.54) is 6.20 Å². The zero-order valence-electron chi connectivity index (χ0n) is 15.5. The number of aromatic nitrogens is 1. The topological polar surface area (TPSA) is 87.0 Å². The highest BCUT2D eigenvalue weighted by atomic mass is 16.5. The Labute approximate surface area is 163 Å². The summed E-state index contributed by atoms with van der Waals surface area (Å²) in [6, 6.07) is 20.4. The third-order valence-corrected chi connectivity index (χ3v) is 4.12. The molecule has 0 radical (unpaired) electrons. The van der Waals surface area contributed by atoms with Gasteiger partial charge in [0.1, 0.15) is 11.6 Å². The van der Waals surface area contributed by atoms with Gasteiger partial charge in [0.2, 0.25) is 0 Å². The molecule has 3 rings (SSSR count). The van der Waals surface area contributed by atoms with E-state index in [0.29, 0.717) is 29.9 Å². The third-order valence-electron chi connectivity index (χ3n) is 4.12. The van der Waals surface area contributed by atoms with Gasteiger partial charge in [0, 0.05) is 18.4 Å². The summed E-state index contributed by atoms with van der Waals surface area (Å²) >= 11 is 0. The van der Waals surface area contributed by atoms with E-state index in [1.54, 1.807) is 37.4 Å². The highest BCUT2D eigenvalue weighted by Crippen LogP contribution is 2.16. The highest BCUT2D eigenvalue weighted by Gasteiger charge is 2.06. The van der Waals surface area contributed by atoms with Gasteiger partial charge in [-0.15, -0.1) is 0 Å². The Balaban J connectivity index is 1.53. The summed E-state index contributed by atoms with van der Waals surface area (Å²) in [5.74, 6) is 1.23. The number of pyridine rings is 1. The van der Waals surface area contributed by atoms with Crippen LogP contribution >= 0.6 is 0 Å². The molecule has 0 saturated heterocycles. The molecule has 0 atom stereocenters. The number of hydrogen-bond acceptors (Lipinski definition) is 5. The Hall–Kier alpha value is -3.85. The van der Waals surface area contributed by atoms with Crippen molar-refractivity contribution in [2.75, 3.05) is 19.0 Å². The minimum absolute atomic E-state index is 0.173. The Morgan fingerprint density at radius 3 is 2.75 bits per heavy atom. The molecule has 1 heterocycles. The van der Waals surface area contributed by atoms with Crippen molar-refractivity contribution in [1.82, 2.24) is 10.3 Å². The lowest BCUT2D eigenvalue weighted by Crippen LogP contribution is -2.25. The molecule has 1 amide bonds. The first-order valence-corrected chi connectivity index (χ1v) is 8.82. The van der Waals surface area contributed by atoms with Crippen molar-refractivity contribution in [2.24, 2.45) is 0 Å². The first-order chi connectivity index (χ1) is 13.7. The Bertz CT molecular complexity index is 994. The Morgan fingerprint density at radius 1 is 1.14 bits per heavy atom. The highest BCUT2D eigenvalue weighted by molar-refractivity contribution is 5.94. The van der Waals surface area contributed by atoms with Crippen molar-refractivity contribution in [1.29, 1.82) is 5.26 Å². The number of ether oxygens (including phenoxy) is 1. The van der Waals surface area contributed by atoms with Crippen molar-refractivity contribution in [2.45, 2.75) is 6.42 Å². The molecule has 140 valence electrons. The molecule has 0 aliphatic heterocycles. The zero-order valence-corrected chi connectivity index (χ0v) is 15.5. The zero-order chi connectivity index (χ0) is 19.8. The first-order valence-electron chi connectivity index (χ1n) is 8.82. The van der Waals surface area contributed by atoms with E-state index in [1.807, 2.05) is 30.3 Å². The van der Waals surface area contributed by atoms with Gasteiger partial charge >= 0.3 is 0 Å². The molecule has 2 N–H and O–H groups in total. The van der Waals surface area contributed by atoms with Crippen molar-refractivity contribution < 1.29 is 9.53 Å². The molecule has 0 unspecified atom stereocenters. The number of hydrogen-bond donors (Lipinski definition) is 2. The number of carbonyl (C=O) groups excluding carboxylic acids is 1. The summed E-state index contributed by atoms with van der Waals surface area (Å²) in [7, 11) is 1.63. The molecule has 0 bridgehead atoms. The van der Waals surface area contributed by atoms with Gasteiger partial charge in [0.15, 0.2) is 0 Å². The number of nitrogens with one attached hydrogen (secondary N) is 2. The minimum Gasteiger partial charge on any atom is -0.497 e. The summed E-state index contributed by atoms with van der Waals surface area (Å²) in [4.78, 5) is 16.5. The number of amides is 1. The van der Waals surface area contributed by atoms with E-state index in [0.717, 1.165) is 17.0 Å². The molecule has 6 nitrogen and oxygen atoms in total. The fraction of sp³-hybridized carbons (Fsp3) is 0.136. The average molecular weight is 372 g/mol. The van der Waals surface area contributed by atoms with Crippen LogP contribution in [0.4, 0.5) is 11.5 Å². The van der Waals surface area contributed by atoms with E-state index in [4.69, 9.17) is 10.00 Å². The predicted molar refractivity (Wildman–Crippen MR) is 108 cm³/mol. The maximum absolute atomic E-state index is 12.3. The van der Waals surface area contributed by atoms with Crippen LogP contribution in [0.2, 0.25) is 0 Å². The van der Waals surface area contributed by atoms with E-state index in [-0.39, 0.29) is 5.91 Å². The molecule has 3 aromatic rings. The number of nitrogens with zero attached hydrogens (tertiary/aromatic N) is 2. The van der Waals surface area contributed by atoms with Crippen molar-refractivity contribution in [3.8, 4) is 11.8 Å². The van der Waals surface area contributed by atoms with E-state index < -0.39 is 0 Å². The maximum Gasteiger partial charge on any atom is 0.252 e. The van der Waals surface area contributed by atoms with Crippen LogP contribution in [-0.2, 0) is 6.42 Å². The molecule has 1 aromatic heterocycles. The van der Waals surface area contributed by atoms with Crippen molar-refractivity contribution in [3.05, 3.63) is 83.6 Å². The van der Waals surface area contributed by atoms with Gasteiger partial charge in [0.25, 0.3) is 5.91 Å². The number of methoxy groups -OCH3 is 1. The van der Waals surface area contributed by atoms with Crippen molar-refractivity contribution in [3.63, 3.8) is 0 Å². The van der Waals surface area contributed by atoms with Crippen LogP contribution in [0.5, 0.6) is 5.75 Å². The second-order valence-corrected chi connectivity index (χ2v) is 6.11. The molecule has 0 saturated carbocycles. The predicted octanol–water partition coefficient (Wildman–Crippen LogP) is 3.68. The van der Waals surface area contributed by atoms with Gasteiger partial charge in [-0.25, -0.2) is 4.98 Å². The summed E-state index contributed by atoms with van der Waals surface area (Å²) in [6.45, 7) is 0.521. The van der Waals surface area contributed by atoms with Crippen LogP contribution < -0.4 is 15.4 Å². The quantitative estimate of drug-likeness (QED) is 0.661. The van der Waals surface area contributed by atoms with Crippen LogP contribution in [0.25, 0.3) is 0 Å². The van der Waals surface area contributed by atoms with Crippen LogP contribution in [0.1, 0.15) is 21.5 Å². The normalized spacial score (nSPS) is 10.0. The smallest absolute Gasteiger partial charge is 0.252 e. The Morgan fingerprint density at radius 2 is 2.00 bits per heavy atom. The number of rotatable bonds is 7. The number of anilines is 2. The lowest BCUT2D eigenvalue weighted by Gasteiger charge is -2.08. The largest absolute Gasteiger partial charge is 0.497 e. The van der Waals surface area contributed by atoms with E-state index in [2.05, 4.69) is 21.7 Å². The van der Waals surface area contributed by atoms with E-state index >= 15 is 0 Å². The number of nitriles is 1. The maximum atomic E-state index is 12.3. The van der Waals surface area contributed by atoms with Crippen LogP contribution in [-0.4, -0.2) is 24.5 Å². The van der Waals surface area contributed by atoms with Gasteiger partial charge in [-0.1, -0.05) is 18.2 Å². The second-order valence-electron chi connectivity index (χ2n) is 6.11. The van der Waals surface area contributed by atoms with Gasteiger partial charge in [-0.2, -0.15) is 5.26 Å². The summed E-state index contributed by atoms with van der Waals surface area (Å²) in [6.07, 6.45) is 2.24. The van der Waals surface area contributed by atoms with Gasteiger partial charge in [0.05, 0.1) is 24.3 Å². The fourth-order valence-corrected chi connectivity index (χ4v) is 2.67. The van der Waals surface area contributed by atoms with Crippen LogP contribution in [0, 0.1) is 11.3 Å².